The van der Waals surface area contributed by atoms with Gasteiger partial charge >= 0.3 is 11.9 Å². The third-order valence-corrected chi connectivity index (χ3v) is 4.41. The molecular formula is C21H20N4O5. The Morgan fingerprint density at radius 1 is 1.07 bits per heavy atom. The van der Waals surface area contributed by atoms with E-state index in [4.69, 9.17) is 14.2 Å². The number of cyclic esters (lactones) is 2. The fraction of sp³-hybridized carbons (Fsp3) is 0.238. The number of hydrogen-bond acceptors (Lipinski definition) is 8. The number of aryl methyl sites for hydroxylation is 1. The van der Waals surface area contributed by atoms with Gasteiger partial charge in [-0.25, -0.2) is 9.59 Å². The van der Waals surface area contributed by atoms with Crippen molar-refractivity contribution in [1.82, 2.24) is 15.0 Å². The number of nitrogens with one attached hydrogen (secondary N) is 1. The number of anilines is 1. The topological polar surface area (TPSA) is 105 Å². The molecule has 4 rings (SSSR count). The SMILES string of the molecule is COc1c(NC=C2C(=O)OC(C)(C)OC2=O)cc(C)cc1-n1nc2ccccc2n1. The summed E-state index contributed by atoms with van der Waals surface area (Å²) in [7, 11) is 1.52. The van der Waals surface area contributed by atoms with E-state index in [0.29, 0.717) is 17.1 Å². The van der Waals surface area contributed by atoms with E-state index in [0.717, 1.165) is 16.6 Å². The van der Waals surface area contributed by atoms with Crippen LogP contribution in [0.25, 0.3) is 16.7 Å². The maximum Gasteiger partial charge on any atom is 0.350 e. The Morgan fingerprint density at radius 2 is 1.67 bits per heavy atom. The van der Waals surface area contributed by atoms with Crippen molar-refractivity contribution in [2.45, 2.75) is 26.6 Å². The Hall–Kier alpha value is -3.88. The molecule has 0 amide bonds. The molecule has 0 bridgehead atoms. The van der Waals surface area contributed by atoms with E-state index >= 15 is 0 Å². The fourth-order valence-corrected chi connectivity index (χ4v) is 3.12. The van der Waals surface area contributed by atoms with Gasteiger partial charge < -0.3 is 19.5 Å². The van der Waals surface area contributed by atoms with Gasteiger partial charge in [0.1, 0.15) is 16.7 Å². The molecular weight excluding hydrogens is 388 g/mol. The zero-order valence-corrected chi connectivity index (χ0v) is 16.9. The molecule has 9 nitrogen and oxygen atoms in total. The van der Waals surface area contributed by atoms with Gasteiger partial charge in [0.25, 0.3) is 5.79 Å². The molecule has 2 aromatic carbocycles. The van der Waals surface area contributed by atoms with Gasteiger partial charge in [0, 0.05) is 20.0 Å². The molecule has 9 heteroatoms. The van der Waals surface area contributed by atoms with E-state index < -0.39 is 17.7 Å². The molecule has 1 saturated heterocycles. The van der Waals surface area contributed by atoms with E-state index in [9.17, 15) is 9.59 Å². The second-order valence-electron chi connectivity index (χ2n) is 7.22. The van der Waals surface area contributed by atoms with Crippen molar-refractivity contribution < 1.29 is 23.8 Å². The number of carbonyl (C=O) groups excluding carboxylic acids is 2. The summed E-state index contributed by atoms with van der Waals surface area (Å²) < 4.78 is 15.8. The van der Waals surface area contributed by atoms with Gasteiger partial charge in [-0.15, -0.1) is 15.0 Å². The summed E-state index contributed by atoms with van der Waals surface area (Å²) in [6.07, 6.45) is 1.24. The number of aromatic nitrogens is 3. The molecule has 1 aromatic heterocycles. The molecule has 0 spiro atoms. The van der Waals surface area contributed by atoms with Crippen LogP contribution >= 0.6 is 0 Å². The first-order valence-electron chi connectivity index (χ1n) is 9.22. The average Bonchev–Trinajstić information content (AvgIpc) is 3.10. The van der Waals surface area contributed by atoms with Crippen molar-refractivity contribution in [1.29, 1.82) is 0 Å². The van der Waals surface area contributed by atoms with Crippen molar-refractivity contribution in [3.05, 3.63) is 53.7 Å². The maximum atomic E-state index is 12.2. The van der Waals surface area contributed by atoms with Crippen molar-refractivity contribution in [2.75, 3.05) is 12.4 Å². The molecule has 154 valence electrons. The van der Waals surface area contributed by atoms with Gasteiger partial charge in [-0.3, -0.25) is 0 Å². The van der Waals surface area contributed by atoms with Crippen molar-refractivity contribution in [3.8, 4) is 11.4 Å². The first-order chi connectivity index (χ1) is 14.3. The second-order valence-corrected chi connectivity index (χ2v) is 7.22. The van der Waals surface area contributed by atoms with Gasteiger partial charge in [-0.1, -0.05) is 12.1 Å². The van der Waals surface area contributed by atoms with Crippen LogP contribution in [0.5, 0.6) is 5.75 Å². The minimum absolute atomic E-state index is 0.248. The molecule has 0 unspecified atom stereocenters. The standard InChI is InChI=1S/C21H20N4O5/c1-12-9-16(22-11-13-19(26)29-21(2,3)30-20(13)27)18(28-4)17(10-12)25-23-14-7-5-6-8-15(14)24-25/h5-11,22H,1-4H3. The van der Waals surface area contributed by atoms with Crippen molar-refractivity contribution >= 4 is 28.7 Å². The smallest absolute Gasteiger partial charge is 0.350 e. The summed E-state index contributed by atoms with van der Waals surface area (Å²) in [6.45, 7) is 4.88. The Kier molecular flexibility index (Phi) is 4.65. The maximum absolute atomic E-state index is 12.2. The fourth-order valence-electron chi connectivity index (χ4n) is 3.12. The lowest BCUT2D eigenvalue weighted by Gasteiger charge is -2.29. The first kappa shape index (κ1) is 19.4. The number of fused-ring (bicyclic) bond motifs is 1. The van der Waals surface area contributed by atoms with Crippen LogP contribution in [0.15, 0.2) is 48.2 Å². The summed E-state index contributed by atoms with van der Waals surface area (Å²) in [5, 5.41) is 11.9. The van der Waals surface area contributed by atoms with E-state index in [1.54, 1.807) is 0 Å². The predicted molar refractivity (Wildman–Crippen MR) is 108 cm³/mol. The number of benzene rings is 2. The summed E-state index contributed by atoms with van der Waals surface area (Å²) in [4.78, 5) is 25.8. The van der Waals surface area contributed by atoms with E-state index in [1.807, 2.05) is 43.3 Å². The number of nitrogens with zero attached hydrogens (tertiary/aromatic N) is 3. The molecule has 0 saturated carbocycles. The minimum Gasteiger partial charge on any atom is -0.492 e. The molecule has 30 heavy (non-hydrogen) atoms. The number of ether oxygens (including phenoxy) is 3. The van der Waals surface area contributed by atoms with Crippen LogP contribution in [0.4, 0.5) is 5.69 Å². The van der Waals surface area contributed by atoms with E-state index in [-0.39, 0.29) is 5.57 Å². The number of carbonyl (C=O) groups is 2. The minimum atomic E-state index is -1.30. The van der Waals surface area contributed by atoms with Gasteiger partial charge in [0.05, 0.1) is 12.8 Å². The summed E-state index contributed by atoms with van der Waals surface area (Å²) in [5.74, 6) is -2.39. The molecule has 0 radical (unpaired) electrons. The van der Waals surface area contributed by atoms with Crippen LogP contribution in [0.3, 0.4) is 0 Å². The van der Waals surface area contributed by atoms with Crippen LogP contribution in [-0.4, -0.2) is 39.8 Å². The summed E-state index contributed by atoms with van der Waals surface area (Å²) in [6, 6.07) is 11.2. The predicted octanol–water partition coefficient (Wildman–Crippen LogP) is 2.87. The second kappa shape index (κ2) is 7.18. The highest BCUT2D eigenvalue weighted by atomic mass is 16.7. The molecule has 1 aliphatic rings. The average molecular weight is 408 g/mol. The highest BCUT2D eigenvalue weighted by Gasteiger charge is 2.39. The summed E-state index contributed by atoms with van der Waals surface area (Å²) in [5.41, 5.74) is 3.25. The molecule has 1 fully saturated rings. The van der Waals surface area contributed by atoms with Crippen LogP contribution in [-0.2, 0) is 19.1 Å². The number of esters is 2. The Balaban J connectivity index is 1.72. The van der Waals surface area contributed by atoms with Crippen molar-refractivity contribution in [2.24, 2.45) is 0 Å². The number of methoxy groups -OCH3 is 1. The zero-order chi connectivity index (χ0) is 21.5. The third kappa shape index (κ3) is 3.57. The lowest BCUT2D eigenvalue weighted by Crippen LogP contribution is -2.42. The normalized spacial score (nSPS) is 15.5. The quantitative estimate of drug-likeness (QED) is 0.399. The van der Waals surface area contributed by atoms with Gasteiger partial charge in [-0.05, 0) is 36.8 Å². The first-order valence-corrected chi connectivity index (χ1v) is 9.22. The van der Waals surface area contributed by atoms with Crippen LogP contribution in [0, 0.1) is 6.92 Å². The van der Waals surface area contributed by atoms with Crippen LogP contribution in [0.1, 0.15) is 19.4 Å². The lowest BCUT2D eigenvalue weighted by molar-refractivity contribution is -0.222. The molecule has 2 heterocycles. The monoisotopic (exact) mass is 408 g/mol. The number of hydrogen-bond donors (Lipinski definition) is 1. The largest absolute Gasteiger partial charge is 0.492 e. The van der Waals surface area contributed by atoms with E-state index in [1.165, 1.54) is 32.0 Å². The molecule has 0 aliphatic carbocycles. The van der Waals surface area contributed by atoms with Crippen molar-refractivity contribution in [3.63, 3.8) is 0 Å². The van der Waals surface area contributed by atoms with Crippen LogP contribution < -0.4 is 10.1 Å². The number of rotatable bonds is 4. The Morgan fingerprint density at radius 3 is 2.23 bits per heavy atom. The van der Waals surface area contributed by atoms with Gasteiger partial charge in [0.15, 0.2) is 11.3 Å². The highest BCUT2D eigenvalue weighted by Crippen LogP contribution is 2.34. The van der Waals surface area contributed by atoms with Gasteiger partial charge in [-0.2, -0.15) is 0 Å². The molecule has 0 atom stereocenters. The van der Waals surface area contributed by atoms with E-state index in [2.05, 4.69) is 15.5 Å². The highest BCUT2D eigenvalue weighted by molar-refractivity contribution is 6.15. The lowest BCUT2D eigenvalue weighted by atomic mass is 10.1. The molecule has 1 N–H and O–H groups in total. The zero-order valence-electron chi connectivity index (χ0n) is 16.9. The third-order valence-electron chi connectivity index (χ3n) is 4.41. The van der Waals surface area contributed by atoms with Gasteiger partial charge in [0.2, 0.25) is 0 Å². The Labute approximate surface area is 172 Å². The Bertz CT molecular complexity index is 1140. The summed E-state index contributed by atoms with van der Waals surface area (Å²) >= 11 is 0. The molecule has 1 aliphatic heterocycles. The molecule has 3 aromatic rings. The van der Waals surface area contributed by atoms with Crippen LogP contribution in [0.2, 0.25) is 0 Å².